The summed E-state index contributed by atoms with van der Waals surface area (Å²) in [6.07, 6.45) is 1.06. The van der Waals surface area contributed by atoms with E-state index in [2.05, 4.69) is 30.0 Å². The zero-order chi connectivity index (χ0) is 12.4. The van der Waals surface area contributed by atoms with Gasteiger partial charge in [-0.25, -0.2) is 0 Å². The number of anilines is 1. The van der Waals surface area contributed by atoms with Crippen LogP contribution in [0.1, 0.15) is 22.8 Å². The second kappa shape index (κ2) is 4.88. The quantitative estimate of drug-likeness (QED) is 0.740. The molecule has 0 radical (unpaired) electrons. The van der Waals surface area contributed by atoms with Crippen LogP contribution in [0.4, 0.5) is 5.69 Å². The summed E-state index contributed by atoms with van der Waals surface area (Å²) in [7, 11) is 4.19. The van der Waals surface area contributed by atoms with Crippen LogP contribution in [0.15, 0.2) is 18.2 Å². The van der Waals surface area contributed by atoms with Crippen LogP contribution < -0.4 is 4.90 Å². The lowest BCUT2D eigenvalue weighted by Crippen LogP contribution is -2.30. The smallest absolute Gasteiger partial charge is 0.159 e. The standard InChI is InChI=1S/C14H20N2O/c1-11(17)12-4-5-14-13(10-12)6-7-16(14)9-8-15(2)3/h4-5,10H,6-9H2,1-3H3. The Kier molecular flexibility index (Phi) is 3.48. The van der Waals surface area contributed by atoms with Crippen LogP contribution in [0.2, 0.25) is 0 Å². The third-order valence-corrected chi connectivity index (χ3v) is 3.29. The monoisotopic (exact) mass is 232 g/mol. The molecule has 17 heavy (non-hydrogen) atoms. The molecule has 0 bridgehead atoms. The number of hydrogen-bond donors (Lipinski definition) is 0. The zero-order valence-corrected chi connectivity index (χ0v) is 10.9. The van der Waals surface area contributed by atoms with E-state index in [0.29, 0.717) is 0 Å². The molecule has 0 N–H and O–H groups in total. The first-order chi connectivity index (χ1) is 8.08. The highest BCUT2D eigenvalue weighted by Gasteiger charge is 2.19. The van der Waals surface area contributed by atoms with Crippen molar-refractivity contribution in [2.75, 3.05) is 38.6 Å². The van der Waals surface area contributed by atoms with Gasteiger partial charge >= 0.3 is 0 Å². The summed E-state index contributed by atoms with van der Waals surface area (Å²) >= 11 is 0. The fourth-order valence-electron chi connectivity index (χ4n) is 2.24. The number of likely N-dealkylation sites (N-methyl/N-ethyl adjacent to an activating group) is 1. The van der Waals surface area contributed by atoms with Crippen molar-refractivity contribution in [3.05, 3.63) is 29.3 Å². The fraction of sp³-hybridized carbons (Fsp3) is 0.500. The highest BCUT2D eigenvalue weighted by Crippen LogP contribution is 2.28. The van der Waals surface area contributed by atoms with E-state index in [1.807, 2.05) is 12.1 Å². The zero-order valence-electron chi connectivity index (χ0n) is 10.9. The van der Waals surface area contributed by atoms with Crippen LogP contribution in [0.25, 0.3) is 0 Å². The normalized spacial score (nSPS) is 14.2. The fourth-order valence-corrected chi connectivity index (χ4v) is 2.24. The molecular formula is C14H20N2O. The molecule has 0 atom stereocenters. The van der Waals surface area contributed by atoms with Gasteiger partial charge in [0.05, 0.1) is 0 Å². The molecule has 1 aromatic carbocycles. The summed E-state index contributed by atoms with van der Waals surface area (Å²) in [6, 6.07) is 6.08. The number of nitrogens with zero attached hydrogens (tertiary/aromatic N) is 2. The molecule has 0 saturated heterocycles. The lowest BCUT2D eigenvalue weighted by Gasteiger charge is -2.21. The van der Waals surface area contributed by atoms with E-state index in [-0.39, 0.29) is 5.78 Å². The number of rotatable bonds is 4. The Morgan fingerprint density at radius 3 is 2.82 bits per heavy atom. The van der Waals surface area contributed by atoms with Crippen molar-refractivity contribution in [3.8, 4) is 0 Å². The van der Waals surface area contributed by atoms with E-state index in [0.717, 1.165) is 31.6 Å². The van der Waals surface area contributed by atoms with Crippen LogP contribution in [0, 0.1) is 0 Å². The van der Waals surface area contributed by atoms with Gasteiger partial charge in [0.2, 0.25) is 0 Å². The van der Waals surface area contributed by atoms with Crippen molar-refractivity contribution in [1.29, 1.82) is 0 Å². The Morgan fingerprint density at radius 2 is 2.18 bits per heavy atom. The van der Waals surface area contributed by atoms with Gasteiger partial charge in [-0.15, -0.1) is 0 Å². The second-order valence-electron chi connectivity index (χ2n) is 4.94. The van der Waals surface area contributed by atoms with Crippen molar-refractivity contribution in [2.24, 2.45) is 0 Å². The van der Waals surface area contributed by atoms with Crippen LogP contribution in [-0.2, 0) is 6.42 Å². The van der Waals surface area contributed by atoms with Gasteiger partial charge in [0.15, 0.2) is 5.78 Å². The molecule has 1 aliphatic heterocycles. The first-order valence-corrected chi connectivity index (χ1v) is 6.11. The van der Waals surface area contributed by atoms with Crippen LogP contribution in [0.5, 0.6) is 0 Å². The van der Waals surface area contributed by atoms with E-state index in [4.69, 9.17) is 0 Å². The summed E-state index contributed by atoms with van der Waals surface area (Å²) in [4.78, 5) is 15.9. The van der Waals surface area contributed by atoms with Gasteiger partial charge in [-0.2, -0.15) is 0 Å². The summed E-state index contributed by atoms with van der Waals surface area (Å²) in [5, 5.41) is 0. The van der Waals surface area contributed by atoms with E-state index in [9.17, 15) is 4.79 Å². The minimum Gasteiger partial charge on any atom is -0.370 e. The average Bonchev–Trinajstić information content (AvgIpc) is 2.68. The molecule has 92 valence electrons. The average molecular weight is 232 g/mol. The maximum Gasteiger partial charge on any atom is 0.159 e. The van der Waals surface area contributed by atoms with Gasteiger partial charge in [0, 0.05) is 30.9 Å². The number of benzene rings is 1. The van der Waals surface area contributed by atoms with Gasteiger partial charge in [-0.3, -0.25) is 4.79 Å². The topological polar surface area (TPSA) is 23.6 Å². The predicted molar refractivity (Wildman–Crippen MR) is 70.9 cm³/mol. The second-order valence-corrected chi connectivity index (χ2v) is 4.94. The Labute approximate surface area is 103 Å². The molecule has 0 unspecified atom stereocenters. The first-order valence-electron chi connectivity index (χ1n) is 6.11. The van der Waals surface area contributed by atoms with Crippen molar-refractivity contribution in [3.63, 3.8) is 0 Å². The Morgan fingerprint density at radius 1 is 1.41 bits per heavy atom. The minimum atomic E-state index is 0.152. The lowest BCUT2D eigenvalue weighted by molar-refractivity contribution is 0.101. The Balaban J connectivity index is 2.13. The summed E-state index contributed by atoms with van der Waals surface area (Å²) in [5.41, 5.74) is 3.45. The molecule has 0 amide bonds. The summed E-state index contributed by atoms with van der Waals surface area (Å²) < 4.78 is 0. The van der Waals surface area contributed by atoms with E-state index in [1.165, 1.54) is 11.3 Å². The molecule has 1 heterocycles. The van der Waals surface area contributed by atoms with Crippen molar-refractivity contribution in [1.82, 2.24) is 4.90 Å². The van der Waals surface area contributed by atoms with Crippen molar-refractivity contribution < 1.29 is 4.79 Å². The molecule has 0 aliphatic carbocycles. The maximum atomic E-state index is 11.3. The molecule has 0 saturated carbocycles. The number of Topliss-reactive ketones (excluding diaryl/α,β-unsaturated/α-hetero) is 1. The van der Waals surface area contributed by atoms with E-state index >= 15 is 0 Å². The molecule has 2 rings (SSSR count). The summed E-state index contributed by atoms with van der Waals surface area (Å²) in [5.74, 6) is 0.152. The maximum absolute atomic E-state index is 11.3. The number of hydrogen-bond acceptors (Lipinski definition) is 3. The highest BCUT2D eigenvalue weighted by atomic mass is 16.1. The van der Waals surface area contributed by atoms with E-state index in [1.54, 1.807) is 6.92 Å². The molecule has 0 fully saturated rings. The van der Waals surface area contributed by atoms with Gasteiger partial charge in [0.25, 0.3) is 0 Å². The molecule has 1 aromatic rings. The number of ketones is 1. The van der Waals surface area contributed by atoms with Crippen molar-refractivity contribution >= 4 is 11.5 Å². The van der Waals surface area contributed by atoms with Crippen molar-refractivity contribution in [2.45, 2.75) is 13.3 Å². The highest BCUT2D eigenvalue weighted by molar-refractivity contribution is 5.94. The molecule has 3 nitrogen and oxygen atoms in total. The van der Waals surface area contributed by atoms with Crippen LogP contribution in [0.3, 0.4) is 0 Å². The SMILES string of the molecule is CC(=O)c1ccc2c(c1)CCN2CCN(C)C. The number of fused-ring (bicyclic) bond motifs is 1. The van der Waals surface area contributed by atoms with Crippen LogP contribution >= 0.6 is 0 Å². The third kappa shape index (κ3) is 2.67. The predicted octanol–water partition coefficient (Wildman–Crippen LogP) is 1.81. The van der Waals surface area contributed by atoms with Gasteiger partial charge in [0.1, 0.15) is 0 Å². The van der Waals surface area contributed by atoms with E-state index < -0.39 is 0 Å². The third-order valence-electron chi connectivity index (χ3n) is 3.29. The number of carbonyl (C=O) groups is 1. The largest absolute Gasteiger partial charge is 0.370 e. The molecule has 1 aliphatic rings. The molecular weight excluding hydrogens is 212 g/mol. The molecule has 3 heteroatoms. The van der Waals surface area contributed by atoms with Gasteiger partial charge in [-0.05, 0) is 51.2 Å². The Hall–Kier alpha value is -1.35. The number of carbonyl (C=O) groups excluding carboxylic acids is 1. The van der Waals surface area contributed by atoms with Crippen LogP contribution in [-0.4, -0.2) is 44.4 Å². The Bertz CT molecular complexity index is 426. The molecule has 0 aromatic heterocycles. The molecule has 0 spiro atoms. The van der Waals surface area contributed by atoms with Gasteiger partial charge in [-0.1, -0.05) is 0 Å². The first kappa shape index (κ1) is 12.1. The lowest BCUT2D eigenvalue weighted by atomic mass is 10.1. The summed E-state index contributed by atoms with van der Waals surface area (Å²) in [6.45, 7) is 4.82. The van der Waals surface area contributed by atoms with Gasteiger partial charge < -0.3 is 9.80 Å². The minimum absolute atomic E-state index is 0.152.